The van der Waals surface area contributed by atoms with E-state index >= 15 is 0 Å². The van der Waals surface area contributed by atoms with Gasteiger partial charge in [0.1, 0.15) is 11.6 Å². The molecule has 7 heteroatoms. The van der Waals surface area contributed by atoms with Crippen molar-refractivity contribution in [3.8, 4) is 0 Å². The first kappa shape index (κ1) is 14.9. The molecule has 0 aromatic heterocycles. The highest BCUT2D eigenvalue weighted by Crippen LogP contribution is 2.21. The van der Waals surface area contributed by atoms with E-state index in [0.29, 0.717) is 6.42 Å². The molecule has 1 atom stereocenters. The van der Waals surface area contributed by atoms with Crippen LogP contribution < -0.4 is 0 Å². The molecule has 2 rings (SSSR count). The van der Waals surface area contributed by atoms with Gasteiger partial charge < -0.3 is 4.90 Å². The summed E-state index contributed by atoms with van der Waals surface area (Å²) in [6.45, 7) is -0.0124. The first-order chi connectivity index (χ1) is 9.28. The highest BCUT2D eigenvalue weighted by atomic mass is 32.2. The zero-order chi connectivity index (χ0) is 14.9. The van der Waals surface area contributed by atoms with Crippen LogP contribution in [0.1, 0.15) is 12.0 Å². The third kappa shape index (κ3) is 3.33. The van der Waals surface area contributed by atoms with Crippen molar-refractivity contribution < 1.29 is 22.0 Å². The molecule has 0 bridgehead atoms. The van der Waals surface area contributed by atoms with Crippen LogP contribution in [-0.4, -0.2) is 37.8 Å². The molecule has 1 aromatic carbocycles. The Kier molecular flexibility index (Phi) is 4.08. The van der Waals surface area contributed by atoms with Crippen LogP contribution in [0.25, 0.3) is 0 Å². The van der Waals surface area contributed by atoms with E-state index in [9.17, 15) is 22.0 Å². The maximum Gasteiger partial charge on any atom is 0.226 e. The first-order valence-corrected chi connectivity index (χ1v) is 8.00. The highest BCUT2D eigenvalue weighted by molar-refractivity contribution is 7.91. The summed E-state index contributed by atoms with van der Waals surface area (Å²) >= 11 is 0. The number of hydrogen-bond donors (Lipinski definition) is 0. The molecule has 1 saturated heterocycles. The molecule has 1 heterocycles. The number of amides is 1. The Morgan fingerprint density at radius 1 is 1.40 bits per heavy atom. The Labute approximate surface area is 116 Å². The Balaban J connectivity index is 2.05. The Bertz CT molecular complexity index is 631. The van der Waals surface area contributed by atoms with E-state index in [4.69, 9.17) is 0 Å². The molecule has 0 N–H and O–H groups in total. The van der Waals surface area contributed by atoms with E-state index in [2.05, 4.69) is 0 Å². The minimum Gasteiger partial charge on any atom is -0.341 e. The van der Waals surface area contributed by atoms with Gasteiger partial charge in [0.2, 0.25) is 5.91 Å². The van der Waals surface area contributed by atoms with Gasteiger partial charge in [0.25, 0.3) is 0 Å². The van der Waals surface area contributed by atoms with Crippen LogP contribution in [0.4, 0.5) is 8.78 Å². The van der Waals surface area contributed by atoms with Crippen LogP contribution in [0.15, 0.2) is 18.2 Å². The number of nitrogens with zero attached hydrogens (tertiary/aromatic N) is 1. The second-order valence-corrected chi connectivity index (χ2v) is 7.26. The van der Waals surface area contributed by atoms with Crippen LogP contribution in [0.3, 0.4) is 0 Å². The SMILES string of the molecule is CN(Cc1ccc(F)cc1F)C(=O)C1CCS(=O)(=O)C1. The van der Waals surface area contributed by atoms with E-state index in [0.717, 1.165) is 12.1 Å². The summed E-state index contributed by atoms with van der Waals surface area (Å²) in [6.07, 6.45) is 0.303. The first-order valence-electron chi connectivity index (χ1n) is 6.18. The molecule has 110 valence electrons. The normalized spacial score (nSPS) is 20.9. The van der Waals surface area contributed by atoms with E-state index in [1.54, 1.807) is 0 Å². The fourth-order valence-corrected chi connectivity index (χ4v) is 4.02. The number of rotatable bonds is 3. The summed E-state index contributed by atoms with van der Waals surface area (Å²) in [4.78, 5) is 13.4. The number of sulfone groups is 1. The van der Waals surface area contributed by atoms with E-state index in [1.165, 1.54) is 18.0 Å². The summed E-state index contributed by atoms with van der Waals surface area (Å²) in [5.74, 6) is -2.42. The van der Waals surface area contributed by atoms with Crippen molar-refractivity contribution in [3.63, 3.8) is 0 Å². The van der Waals surface area contributed by atoms with Crippen molar-refractivity contribution in [3.05, 3.63) is 35.4 Å². The quantitative estimate of drug-likeness (QED) is 0.847. The number of carbonyl (C=O) groups is 1. The van der Waals surface area contributed by atoms with Crippen molar-refractivity contribution in [2.24, 2.45) is 5.92 Å². The van der Waals surface area contributed by atoms with Crippen molar-refractivity contribution in [2.45, 2.75) is 13.0 Å². The topological polar surface area (TPSA) is 54.5 Å². The summed E-state index contributed by atoms with van der Waals surface area (Å²) < 4.78 is 49.0. The van der Waals surface area contributed by atoms with Crippen LogP contribution in [-0.2, 0) is 21.2 Å². The number of hydrogen-bond acceptors (Lipinski definition) is 3. The zero-order valence-electron chi connectivity index (χ0n) is 11.0. The standard InChI is InChI=1S/C13H15F2NO3S/c1-16(7-9-2-3-11(14)6-12(9)15)13(17)10-4-5-20(18,19)8-10/h2-3,6,10H,4-5,7-8H2,1H3. The molecule has 1 amide bonds. The zero-order valence-corrected chi connectivity index (χ0v) is 11.8. The van der Waals surface area contributed by atoms with Crippen molar-refractivity contribution >= 4 is 15.7 Å². The third-order valence-corrected chi connectivity index (χ3v) is 5.15. The van der Waals surface area contributed by atoms with Gasteiger partial charge in [0, 0.05) is 25.2 Å². The monoisotopic (exact) mass is 303 g/mol. The van der Waals surface area contributed by atoms with Gasteiger partial charge in [-0.25, -0.2) is 17.2 Å². The Morgan fingerprint density at radius 3 is 2.65 bits per heavy atom. The van der Waals surface area contributed by atoms with Crippen LogP contribution in [0, 0.1) is 17.6 Å². The second-order valence-electron chi connectivity index (χ2n) is 5.03. The van der Waals surface area contributed by atoms with Gasteiger partial charge in [-0.15, -0.1) is 0 Å². The second kappa shape index (κ2) is 5.47. The number of carbonyl (C=O) groups excluding carboxylic acids is 1. The lowest BCUT2D eigenvalue weighted by Gasteiger charge is -2.20. The van der Waals surface area contributed by atoms with E-state index < -0.39 is 27.4 Å². The molecular formula is C13H15F2NO3S. The van der Waals surface area contributed by atoms with E-state index in [-0.39, 0.29) is 29.5 Å². The molecule has 1 aromatic rings. The molecule has 0 saturated carbocycles. The van der Waals surface area contributed by atoms with Crippen LogP contribution >= 0.6 is 0 Å². The summed E-state index contributed by atoms with van der Waals surface area (Å²) in [5.41, 5.74) is 0.197. The molecule has 0 radical (unpaired) electrons. The van der Waals surface area contributed by atoms with Gasteiger partial charge in [0.05, 0.1) is 17.4 Å². The molecule has 4 nitrogen and oxygen atoms in total. The average molecular weight is 303 g/mol. The molecule has 20 heavy (non-hydrogen) atoms. The van der Waals surface area contributed by atoms with Crippen molar-refractivity contribution in [1.29, 1.82) is 0 Å². The predicted molar refractivity (Wildman–Crippen MR) is 69.6 cm³/mol. The molecular weight excluding hydrogens is 288 g/mol. The molecule has 1 fully saturated rings. The maximum atomic E-state index is 13.5. The number of halogens is 2. The Hall–Kier alpha value is -1.50. The Morgan fingerprint density at radius 2 is 2.10 bits per heavy atom. The van der Waals surface area contributed by atoms with Gasteiger partial charge in [-0.2, -0.15) is 0 Å². The lowest BCUT2D eigenvalue weighted by atomic mass is 10.1. The largest absolute Gasteiger partial charge is 0.341 e. The van der Waals surface area contributed by atoms with E-state index in [1.807, 2.05) is 0 Å². The average Bonchev–Trinajstić information content (AvgIpc) is 2.72. The lowest BCUT2D eigenvalue weighted by molar-refractivity contribution is -0.133. The molecule has 0 aliphatic carbocycles. The lowest BCUT2D eigenvalue weighted by Crippen LogP contribution is -2.33. The predicted octanol–water partition coefficient (Wildman–Crippen LogP) is 1.36. The number of benzene rings is 1. The molecule has 1 unspecified atom stereocenters. The van der Waals surface area contributed by atoms with Crippen molar-refractivity contribution in [1.82, 2.24) is 4.90 Å². The van der Waals surface area contributed by atoms with Gasteiger partial charge in [-0.05, 0) is 12.5 Å². The third-order valence-electron chi connectivity index (χ3n) is 3.38. The van der Waals surface area contributed by atoms with Gasteiger partial charge in [-0.3, -0.25) is 4.79 Å². The maximum absolute atomic E-state index is 13.5. The smallest absolute Gasteiger partial charge is 0.226 e. The summed E-state index contributed by atoms with van der Waals surface area (Å²) in [6, 6.07) is 3.16. The van der Waals surface area contributed by atoms with Crippen LogP contribution in [0.5, 0.6) is 0 Å². The molecule has 1 aliphatic rings. The van der Waals surface area contributed by atoms with Crippen molar-refractivity contribution in [2.75, 3.05) is 18.6 Å². The minimum absolute atomic E-state index is 0.0124. The fraction of sp³-hybridized carbons (Fsp3) is 0.462. The van der Waals surface area contributed by atoms with Gasteiger partial charge >= 0.3 is 0 Å². The highest BCUT2D eigenvalue weighted by Gasteiger charge is 2.34. The molecule has 1 aliphatic heterocycles. The fourth-order valence-electron chi connectivity index (χ4n) is 2.28. The molecule has 0 spiro atoms. The van der Waals surface area contributed by atoms with Gasteiger partial charge in [-0.1, -0.05) is 6.07 Å². The van der Waals surface area contributed by atoms with Gasteiger partial charge in [0.15, 0.2) is 9.84 Å². The van der Waals surface area contributed by atoms with Crippen LogP contribution in [0.2, 0.25) is 0 Å². The summed E-state index contributed by atoms with van der Waals surface area (Å²) in [5, 5.41) is 0. The minimum atomic E-state index is -3.13. The summed E-state index contributed by atoms with van der Waals surface area (Å²) in [7, 11) is -1.65.